The van der Waals surface area contributed by atoms with Gasteiger partial charge in [0, 0.05) is 11.5 Å². The van der Waals surface area contributed by atoms with Gasteiger partial charge >= 0.3 is 0 Å². The van der Waals surface area contributed by atoms with Crippen LogP contribution in [0.1, 0.15) is 40.3 Å². The van der Waals surface area contributed by atoms with Crippen LogP contribution in [0, 0.1) is 12.3 Å². The first-order valence-electron chi connectivity index (χ1n) is 10.9. The second-order valence-electron chi connectivity index (χ2n) is 9.07. The van der Waals surface area contributed by atoms with Crippen LogP contribution in [0.25, 0.3) is 10.4 Å². The zero-order valence-corrected chi connectivity index (χ0v) is 22.1. The number of nitrogens with zero attached hydrogens (tertiary/aromatic N) is 1. The van der Waals surface area contributed by atoms with Gasteiger partial charge in [-0.15, -0.1) is 0 Å². The number of carbonyl (C=O) groups is 1. The van der Waals surface area contributed by atoms with E-state index in [0.717, 1.165) is 21.9 Å². The summed E-state index contributed by atoms with van der Waals surface area (Å²) in [5.74, 6) is 1.16. The number of thiazole rings is 1. The van der Waals surface area contributed by atoms with Gasteiger partial charge in [0.25, 0.3) is 0 Å². The largest absolute Gasteiger partial charge is 0.588 e. The van der Waals surface area contributed by atoms with Crippen molar-refractivity contribution in [2.24, 2.45) is 5.41 Å². The zero-order chi connectivity index (χ0) is 25.0. The average Bonchev–Trinajstić information content (AvgIpc) is 3.13. The van der Waals surface area contributed by atoms with E-state index in [1.54, 1.807) is 13.2 Å². The van der Waals surface area contributed by atoms with Crippen LogP contribution in [-0.4, -0.2) is 28.7 Å². The second kappa shape index (κ2) is 10.7. The molecular formula is C25H31N3O4S2. The van der Waals surface area contributed by atoms with Crippen molar-refractivity contribution >= 4 is 39.4 Å². The molecule has 0 radical (unpaired) electrons. The van der Waals surface area contributed by atoms with E-state index in [1.165, 1.54) is 11.3 Å². The first kappa shape index (κ1) is 25.9. The number of methoxy groups -OCH3 is 1. The first-order valence-corrected chi connectivity index (χ1v) is 12.9. The van der Waals surface area contributed by atoms with Crippen LogP contribution in [0.3, 0.4) is 0 Å². The molecule has 182 valence electrons. The van der Waals surface area contributed by atoms with E-state index in [1.807, 2.05) is 77.9 Å². The Morgan fingerprint density at radius 2 is 1.82 bits per heavy atom. The topological polar surface area (TPSA) is 95.5 Å². The number of rotatable bonds is 8. The Kier molecular flexibility index (Phi) is 8.12. The van der Waals surface area contributed by atoms with Crippen molar-refractivity contribution in [2.75, 3.05) is 17.1 Å². The molecule has 1 amide bonds. The van der Waals surface area contributed by atoms with E-state index in [4.69, 9.17) is 9.47 Å². The molecule has 0 aliphatic rings. The molecule has 34 heavy (non-hydrogen) atoms. The highest BCUT2D eigenvalue weighted by molar-refractivity contribution is 7.92. The maximum absolute atomic E-state index is 13.2. The van der Waals surface area contributed by atoms with Gasteiger partial charge in [0.05, 0.1) is 29.5 Å². The maximum Gasteiger partial charge on any atom is 0.231 e. The van der Waals surface area contributed by atoms with Crippen molar-refractivity contribution < 1.29 is 18.8 Å². The van der Waals surface area contributed by atoms with Gasteiger partial charge in [-0.3, -0.25) is 4.79 Å². The Labute approximate surface area is 208 Å². The molecule has 0 aliphatic heterocycles. The normalized spacial score (nSPS) is 12.4. The third-order valence-corrected chi connectivity index (χ3v) is 7.02. The highest BCUT2D eigenvalue weighted by atomic mass is 32.2. The van der Waals surface area contributed by atoms with E-state index < -0.39 is 16.8 Å². The number of amides is 1. The quantitative estimate of drug-likeness (QED) is 0.366. The lowest BCUT2D eigenvalue weighted by Crippen LogP contribution is -2.27. The van der Waals surface area contributed by atoms with Crippen molar-refractivity contribution in [2.45, 2.75) is 52.5 Å². The molecule has 3 rings (SSSR count). The summed E-state index contributed by atoms with van der Waals surface area (Å²) in [6, 6.07) is 12.8. The first-order chi connectivity index (χ1) is 16.0. The van der Waals surface area contributed by atoms with Crippen molar-refractivity contribution in [3.05, 3.63) is 48.2 Å². The summed E-state index contributed by atoms with van der Waals surface area (Å²) < 4.78 is 27.3. The number of nitrogens with one attached hydrogen (secondary N) is 2. The average molecular weight is 502 g/mol. The minimum Gasteiger partial charge on any atom is -0.588 e. The number of hydrogen-bond donors (Lipinski definition) is 2. The molecule has 7 nitrogen and oxygen atoms in total. The number of aromatic nitrogens is 1. The number of ether oxygens (including phenoxy) is 2. The Bertz CT molecular complexity index is 1140. The Hall–Kier alpha value is -2.75. The van der Waals surface area contributed by atoms with Gasteiger partial charge in [-0.1, -0.05) is 32.1 Å². The van der Waals surface area contributed by atoms with Gasteiger partial charge in [0.1, 0.15) is 17.1 Å². The molecule has 1 aromatic heterocycles. The van der Waals surface area contributed by atoms with Gasteiger partial charge < -0.3 is 19.3 Å². The number of hydrogen-bond acceptors (Lipinski definition) is 7. The molecule has 9 heteroatoms. The van der Waals surface area contributed by atoms with Gasteiger partial charge in [0.15, 0.2) is 10.9 Å². The Balaban J connectivity index is 1.84. The Morgan fingerprint density at radius 3 is 2.41 bits per heavy atom. The highest BCUT2D eigenvalue weighted by Crippen LogP contribution is 2.37. The van der Waals surface area contributed by atoms with Crippen LogP contribution in [0.4, 0.5) is 10.8 Å². The van der Waals surface area contributed by atoms with Crippen molar-refractivity contribution in [3.63, 3.8) is 0 Å². The molecule has 1 unspecified atom stereocenters. The summed E-state index contributed by atoms with van der Waals surface area (Å²) >= 11 is -0.185. The minimum absolute atomic E-state index is 0.0810. The number of benzene rings is 2. The molecular weight excluding hydrogens is 470 g/mol. The zero-order valence-electron chi connectivity index (χ0n) is 20.5. The van der Waals surface area contributed by atoms with Crippen molar-refractivity contribution in [3.8, 4) is 21.9 Å². The smallest absolute Gasteiger partial charge is 0.231 e. The fraction of sp³-hybridized carbons (Fsp3) is 0.360. The lowest BCUT2D eigenvalue weighted by atomic mass is 9.96. The van der Waals surface area contributed by atoms with Crippen LogP contribution in [0.5, 0.6) is 11.5 Å². The maximum atomic E-state index is 13.2. The molecule has 1 atom stereocenters. The van der Waals surface area contributed by atoms with E-state index in [2.05, 4.69) is 15.0 Å². The van der Waals surface area contributed by atoms with Gasteiger partial charge in [-0.2, -0.15) is 0 Å². The molecule has 0 aliphatic carbocycles. The third kappa shape index (κ3) is 6.43. The number of anilines is 2. The molecule has 0 bridgehead atoms. The SMILES string of the molecule is COc1ccc(-c2sc(NC(=O)C(C)(C)C)nc2C)cc1[S+]([O-])Nc1ccc(OC(C)C)cc1. The molecule has 0 saturated carbocycles. The van der Waals surface area contributed by atoms with Gasteiger partial charge in [-0.25, -0.2) is 9.71 Å². The highest BCUT2D eigenvalue weighted by Gasteiger charge is 2.24. The summed E-state index contributed by atoms with van der Waals surface area (Å²) in [5, 5.41) is 3.42. The van der Waals surface area contributed by atoms with Crippen LogP contribution in [0.2, 0.25) is 0 Å². The summed E-state index contributed by atoms with van der Waals surface area (Å²) in [6.45, 7) is 11.4. The fourth-order valence-corrected chi connectivity index (χ4v) is 4.99. The van der Waals surface area contributed by atoms with E-state index >= 15 is 0 Å². The summed E-state index contributed by atoms with van der Waals surface area (Å²) in [6.07, 6.45) is 0.0810. The molecule has 3 aromatic rings. The molecule has 0 spiro atoms. The van der Waals surface area contributed by atoms with Crippen LogP contribution < -0.4 is 19.5 Å². The molecule has 1 heterocycles. The summed E-state index contributed by atoms with van der Waals surface area (Å²) in [7, 11) is 1.55. The molecule has 0 saturated heterocycles. The van der Waals surface area contributed by atoms with Crippen molar-refractivity contribution in [1.82, 2.24) is 4.98 Å². The molecule has 0 fully saturated rings. The standard InChI is InChI=1S/C25H31N3O4S2/c1-15(2)32-19-11-9-18(10-12-19)28-34(30)21-14-17(8-13-20(21)31-7)22-16(3)26-24(33-22)27-23(29)25(4,5)6/h8-15,28H,1-7H3,(H,26,27,29). The van der Waals surface area contributed by atoms with Crippen LogP contribution >= 0.6 is 11.3 Å². The predicted octanol–water partition coefficient (Wildman–Crippen LogP) is 6.03. The number of carbonyl (C=O) groups excluding carboxylic acids is 1. The van der Waals surface area contributed by atoms with Crippen LogP contribution in [0.15, 0.2) is 47.4 Å². The summed E-state index contributed by atoms with van der Waals surface area (Å²) in [4.78, 5) is 18.3. The van der Waals surface area contributed by atoms with Gasteiger partial charge in [0.2, 0.25) is 10.8 Å². The summed E-state index contributed by atoms with van der Waals surface area (Å²) in [5.41, 5.74) is 1.81. The second-order valence-corrected chi connectivity index (χ2v) is 11.2. The van der Waals surface area contributed by atoms with E-state index in [9.17, 15) is 9.35 Å². The van der Waals surface area contributed by atoms with E-state index in [-0.39, 0.29) is 12.0 Å². The Morgan fingerprint density at radius 1 is 1.15 bits per heavy atom. The third-order valence-electron chi connectivity index (χ3n) is 4.76. The molecule has 2 N–H and O–H groups in total. The minimum atomic E-state index is -1.57. The lowest BCUT2D eigenvalue weighted by molar-refractivity contribution is -0.123. The van der Waals surface area contributed by atoms with E-state index in [0.29, 0.717) is 21.5 Å². The van der Waals surface area contributed by atoms with Crippen LogP contribution in [-0.2, 0) is 16.2 Å². The fourth-order valence-electron chi connectivity index (χ4n) is 3.00. The van der Waals surface area contributed by atoms with Gasteiger partial charge in [-0.05, 0) is 62.7 Å². The predicted molar refractivity (Wildman–Crippen MR) is 139 cm³/mol. The lowest BCUT2D eigenvalue weighted by Gasteiger charge is -2.16. The number of aryl methyl sites for hydroxylation is 1. The van der Waals surface area contributed by atoms with Crippen molar-refractivity contribution in [1.29, 1.82) is 0 Å². The monoisotopic (exact) mass is 501 g/mol. The molecule has 2 aromatic carbocycles.